The van der Waals surface area contributed by atoms with Gasteiger partial charge in [-0.3, -0.25) is 4.90 Å². The second kappa shape index (κ2) is 8.81. The van der Waals surface area contributed by atoms with Gasteiger partial charge in [-0.25, -0.2) is 0 Å². The summed E-state index contributed by atoms with van der Waals surface area (Å²) in [5.74, 6) is -0.555. The molecule has 1 aliphatic heterocycles. The molecule has 0 bridgehead atoms. The maximum absolute atomic E-state index is 13.3. The Bertz CT molecular complexity index is 882. The lowest BCUT2D eigenvalue weighted by Crippen LogP contribution is -2.45. The van der Waals surface area contributed by atoms with Crippen molar-refractivity contribution in [2.75, 3.05) is 26.2 Å². The predicted molar refractivity (Wildman–Crippen MR) is 95.9 cm³/mol. The summed E-state index contributed by atoms with van der Waals surface area (Å²) in [6.45, 7) is 1.50. The van der Waals surface area contributed by atoms with Crippen LogP contribution in [0.1, 0.15) is 28.3 Å². The number of benzene rings is 2. The number of hydrogen-bond acceptors (Lipinski definition) is 3. The van der Waals surface area contributed by atoms with Gasteiger partial charge in [0.2, 0.25) is 0 Å². The monoisotopic (exact) mass is 472 g/mol. The third-order valence-corrected chi connectivity index (χ3v) is 4.87. The van der Waals surface area contributed by atoms with Gasteiger partial charge in [0, 0.05) is 26.2 Å². The number of alkyl halides is 9. The van der Waals surface area contributed by atoms with Crippen molar-refractivity contribution in [3.05, 3.63) is 64.7 Å². The molecule has 2 aromatic rings. The van der Waals surface area contributed by atoms with Gasteiger partial charge in [0.1, 0.15) is 5.75 Å². The lowest BCUT2D eigenvalue weighted by molar-refractivity contribution is -0.274. The summed E-state index contributed by atoms with van der Waals surface area (Å²) < 4.78 is 121. The summed E-state index contributed by atoms with van der Waals surface area (Å²) in [7, 11) is 0. The van der Waals surface area contributed by atoms with E-state index in [9.17, 15) is 39.5 Å². The summed E-state index contributed by atoms with van der Waals surface area (Å²) in [6.07, 6.45) is -15.0. The highest BCUT2D eigenvalue weighted by atomic mass is 19.4. The molecule has 1 saturated heterocycles. The molecule has 0 amide bonds. The zero-order chi connectivity index (χ0) is 23.7. The highest BCUT2D eigenvalue weighted by Crippen LogP contribution is 2.40. The van der Waals surface area contributed by atoms with Crippen molar-refractivity contribution >= 4 is 0 Å². The predicted octanol–water partition coefficient (Wildman–Crippen LogP) is 5.62. The Morgan fingerprint density at radius 2 is 1.22 bits per heavy atom. The molecule has 1 fully saturated rings. The Morgan fingerprint density at radius 1 is 0.719 bits per heavy atom. The lowest BCUT2D eigenvalue weighted by Gasteiger charge is -2.36. The molecule has 0 aromatic heterocycles. The second-order valence-corrected chi connectivity index (χ2v) is 7.14. The van der Waals surface area contributed by atoms with Crippen LogP contribution >= 0.6 is 0 Å². The van der Waals surface area contributed by atoms with Crippen LogP contribution in [-0.4, -0.2) is 37.4 Å². The van der Waals surface area contributed by atoms with Crippen molar-refractivity contribution in [1.29, 1.82) is 0 Å². The summed E-state index contributed by atoms with van der Waals surface area (Å²) in [5, 5.41) is 3.03. The first-order chi connectivity index (χ1) is 14.7. The van der Waals surface area contributed by atoms with E-state index in [-0.39, 0.29) is 17.2 Å². The minimum Gasteiger partial charge on any atom is -0.406 e. The van der Waals surface area contributed by atoms with E-state index < -0.39 is 41.6 Å². The summed E-state index contributed by atoms with van der Waals surface area (Å²) in [6, 6.07) is 4.61. The smallest absolute Gasteiger partial charge is 0.406 e. The van der Waals surface area contributed by atoms with Gasteiger partial charge >= 0.3 is 18.7 Å². The van der Waals surface area contributed by atoms with E-state index in [2.05, 4.69) is 10.1 Å². The lowest BCUT2D eigenvalue weighted by atomic mass is 9.93. The Hall–Kier alpha value is -2.47. The van der Waals surface area contributed by atoms with Gasteiger partial charge in [0.15, 0.2) is 0 Å². The molecule has 0 unspecified atom stereocenters. The maximum atomic E-state index is 13.3. The van der Waals surface area contributed by atoms with Gasteiger partial charge in [-0.15, -0.1) is 13.2 Å². The van der Waals surface area contributed by atoms with E-state index in [4.69, 9.17) is 0 Å². The third kappa shape index (κ3) is 6.06. The molecular formula is C20H17F9N2O. The van der Waals surface area contributed by atoms with Gasteiger partial charge < -0.3 is 10.1 Å². The highest BCUT2D eigenvalue weighted by molar-refractivity contribution is 5.41. The fourth-order valence-electron chi connectivity index (χ4n) is 3.54. The molecule has 1 aliphatic rings. The SMILES string of the molecule is FC(F)(F)Oc1ccc([C@H](c2cc(C(F)(F)F)cc(C(F)(F)F)c2)N2CCNCC2)cc1. The Balaban J connectivity index is 2.10. The molecule has 0 radical (unpaired) electrons. The minimum atomic E-state index is -5.02. The normalized spacial score (nSPS) is 17.3. The Kier molecular flexibility index (Phi) is 6.66. The molecule has 1 atom stereocenters. The highest BCUT2D eigenvalue weighted by Gasteiger charge is 2.38. The van der Waals surface area contributed by atoms with Crippen LogP contribution in [0.15, 0.2) is 42.5 Å². The molecular weight excluding hydrogens is 455 g/mol. The molecule has 0 spiro atoms. The number of piperazine rings is 1. The van der Waals surface area contributed by atoms with Crippen LogP contribution in [0.2, 0.25) is 0 Å². The molecule has 0 aliphatic carbocycles. The van der Waals surface area contributed by atoms with E-state index in [1.54, 1.807) is 4.90 Å². The van der Waals surface area contributed by atoms with Gasteiger partial charge in [-0.05, 0) is 41.5 Å². The van der Waals surface area contributed by atoms with Crippen LogP contribution in [0.5, 0.6) is 5.75 Å². The molecule has 1 heterocycles. The van der Waals surface area contributed by atoms with Crippen molar-refractivity contribution in [3.63, 3.8) is 0 Å². The van der Waals surface area contributed by atoms with Crippen LogP contribution in [0.25, 0.3) is 0 Å². The summed E-state index contributed by atoms with van der Waals surface area (Å²) in [5.41, 5.74) is -2.95. The minimum absolute atomic E-state index is 0.0403. The second-order valence-electron chi connectivity index (χ2n) is 7.14. The number of rotatable bonds is 4. The average molecular weight is 472 g/mol. The molecule has 2 aromatic carbocycles. The number of nitrogens with zero attached hydrogens (tertiary/aromatic N) is 1. The van der Waals surface area contributed by atoms with Gasteiger partial charge in [-0.1, -0.05) is 12.1 Å². The van der Waals surface area contributed by atoms with E-state index in [1.165, 1.54) is 12.1 Å². The quantitative estimate of drug-likeness (QED) is 0.585. The van der Waals surface area contributed by atoms with Crippen molar-refractivity contribution in [1.82, 2.24) is 10.2 Å². The number of hydrogen-bond donors (Lipinski definition) is 1. The van der Waals surface area contributed by atoms with Gasteiger partial charge in [0.05, 0.1) is 17.2 Å². The molecule has 3 nitrogen and oxygen atoms in total. The van der Waals surface area contributed by atoms with E-state index in [1.807, 2.05) is 0 Å². The van der Waals surface area contributed by atoms with Gasteiger partial charge in [0.25, 0.3) is 0 Å². The average Bonchev–Trinajstić information content (AvgIpc) is 2.68. The first kappa shape index (κ1) is 24.2. The molecule has 0 saturated carbocycles. The Labute approximate surface area is 176 Å². The van der Waals surface area contributed by atoms with Gasteiger partial charge in [-0.2, -0.15) is 26.3 Å². The molecule has 176 valence electrons. The fraction of sp³-hybridized carbons (Fsp3) is 0.400. The number of ether oxygens (including phenoxy) is 1. The summed E-state index contributed by atoms with van der Waals surface area (Å²) >= 11 is 0. The zero-order valence-corrected chi connectivity index (χ0v) is 16.2. The van der Waals surface area contributed by atoms with E-state index in [0.29, 0.717) is 38.3 Å². The number of nitrogens with one attached hydrogen (secondary N) is 1. The summed E-state index contributed by atoms with van der Waals surface area (Å²) in [4.78, 5) is 1.67. The molecule has 12 heteroatoms. The van der Waals surface area contributed by atoms with Crippen molar-refractivity contribution in [2.24, 2.45) is 0 Å². The van der Waals surface area contributed by atoms with Crippen LogP contribution in [0.3, 0.4) is 0 Å². The zero-order valence-electron chi connectivity index (χ0n) is 16.2. The van der Waals surface area contributed by atoms with Crippen LogP contribution in [-0.2, 0) is 12.4 Å². The van der Waals surface area contributed by atoms with Crippen molar-refractivity contribution in [3.8, 4) is 5.75 Å². The van der Waals surface area contributed by atoms with Crippen LogP contribution in [0.4, 0.5) is 39.5 Å². The third-order valence-electron chi connectivity index (χ3n) is 4.87. The van der Waals surface area contributed by atoms with E-state index in [0.717, 1.165) is 12.1 Å². The molecule has 1 N–H and O–H groups in total. The first-order valence-electron chi connectivity index (χ1n) is 9.34. The molecule has 32 heavy (non-hydrogen) atoms. The largest absolute Gasteiger partial charge is 0.573 e. The number of halogens is 9. The van der Waals surface area contributed by atoms with Crippen molar-refractivity contribution < 1.29 is 44.3 Å². The standard InChI is InChI=1S/C20H17F9N2O/c21-18(22,23)14-9-13(10-15(11-14)19(24,25)26)17(31-7-5-30-6-8-31)12-1-3-16(4-2-12)32-20(27,28)29/h1-4,9-11,17,30H,5-8H2/t17-/m1/s1. The molecule has 3 rings (SSSR count). The first-order valence-corrected chi connectivity index (χ1v) is 9.34. The van der Waals surface area contributed by atoms with Crippen LogP contribution in [0, 0.1) is 0 Å². The van der Waals surface area contributed by atoms with Crippen LogP contribution < -0.4 is 10.1 Å². The Morgan fingerprint density at radius 3 is 1.66 bits per heavy atom. The topological polar surface area (TPSA) is 24.5 Å². The van der Waals surface area contributed by atoms with E-state index >= 15 is 0 Å². The maximum Gasteiger partial charge on any atom is 0.573 e. The van der Waals surface area contributed by atoms with Crippen molar-refractivity contribution in [2.45, 2.75) is 24.8 Å². The fourth-order valence-corrected chi connectivity index (χ4v) is 3.54.